The van der Waals surface area contributed by atoms with Gasteiger partial charge in [0.2, 0.25) is 11.8 Å². The van der Waals surface area contributed by atoms with Gasteiger partial charge in [-0.15, -0.1) is 0 Å². The summed E-state index contributed by atoms with van der Waals surface area (Å²) in [5.41, 5.74) is 1.07. The Bertz CT molecular complexity index is 476. The van der Waals surface area contributed by atoms with Gasteiger partial charge in [0, 0.05) is 50.0 Å². The molecule has 1 heterocycles. The van der Waals surface area contributed by atoms with Gasteiger partial charge in [0.15, 0.2) is 0 Å². The lowest BCUT2D eigenvalue weighted by Gasteiger charge is -2.22. The van der Waals surface area contributed by atoms with Gasteiger partial charge in [-0.2, -0.15) is 11.8 Å². The Hall–Kier alpha value is -1.53. The van der Waals surface area contributed by atoms with E-state index in [1.165, 1.54) is 0 Å². The fourth-order valence-corrected chi connectivity index (χ4v) is 3.20. The summed E-state index contributed by atoms with van der Waals surface area (Å²) in [6, 6.07) is 10.0. The highest BCUT2D eigenvalue weighted by molar-refractivity contribution is 7.99. The molecule has 6 heteroatoms. The minimum atomic E-state index is -0.0458. The summed E-state index contributed by atoms with van der Waals surface area (Å²) < 4.78 is 0. The topological polar surface area (TPSA) is 70.2 Å². The fraction of sp³-hybridized carbons (Fsp3) is 0.500. The number of hydrogen-bond donors (Lipinski definition) is 3. The summed E-state index contributed by atoms with van der Waals surface area (Å²) in [7, 11) is 0. The van der Waals surface area contributed by atoms with Crippen molar-refractivity contribution in [2.24, 2.45) is 0 Å². The molecule has 1 aliphatic rings. The van der Waals surface area contributed by atoms with Crippen LogP contribution in [0, 0.1) is 0 Å². The molecule has 1 fully saturated rings. The minimum absolute atomic E-state index is 0.0101. The summed E-state index contributed by atoms with van der Waals surface area (Å²) in [5.74, 6) is 2.05. The van der Waals surface area contributed by atoms with Gasteiger partial charge in [-0.3, -0.25) is 9.59 Å². The van der Waals surface area contributed by atoms with E-state index >= 15 is 0 Å². The first-order valence-electron chi connectivity index (χ1n) is 7.62. The first-order valence-corrected chi connectivity index (χ1v) is 8.78. The van der Waals surface area contributed by atoms with Crippen molar-refractivity contribution < 1.29 is 9.59 Å². The van der Waals surface area contributed by atoms with Gasteiger partial charge in [-0.1, -0.05) is 30.3 Å². The Morgan fingerprint density at radius 3 is 2.73 bits per heavy atom. The zero-order chi connectivity index (χ0) is 15.6. The Labute approximate surface area is 135 Å². The van der Waals surface area contributed by atoms with E-state index in [0.29, 0.717) is 25.9 Å². The van der Waals surface area contributed by atoms with E-state index in [9.17, 15) is 9.59 Å². The molecule has 0 saturated carbocycles. The smallest absolute Gasteiger partial charge is 0.222 e. The first kappa shape index (κ1) is 16.8. The normalized spacial score (nSPS) is 17.7. The van der Waals surface area contributed by atoms with Gasteiger partial charge >= 0.3 is 0 Å². The van der Waals surface area contributed by atoms with Crippen LogP contribution < -0.4 is 16.0 Å². The van der Waals surface area contributed by atoms with Crippen molar-refractivity contribution >= 4 is 23.6 Å². The lowest BCUT2D eigenvalue weighted by molar-refractivity contribution is -0.122. The van der Waals surface area contributed by atoms with Crippen molar-refractivity contribution in [3.05, 3.63) is 35.9 Å². The van der Waals surface area contributed by atoms with E-state index in [4.69, 9.17) is 0 Å². The quantitative estimate of drug-likeness (QED) is 0.698. The van der Waals surface area contributed by atoms with Crippen molar-refractivity contribution in [3.63, 3.8) is 0 Å². The Morgan fingerprint density at radius 2 is 2.00 bits per heavy atom. The third-order valence-electron chi connectivity index (χ3n) is 3.44. The van der Waals surface area contributed by atoms with Crippen molar-refractivity contribution in [2.75, 3.05) is 24.6 Å². The van der Waals surface area contributed by atoms with E-state index in [1.54, 1.807) is 0 Å². The second-order valence-corrected chi connectivity index (χ2v) is 6.44. The zero-order valence-electron chi connectivity index (χ0n) is 12.6. The monoisotopic (exact) mass is 321 g/mol. The highest BCUT2D eigenvalue weighted by Gasteiger charge is 2.16. The van der Waals surface area contributed by atoms with Crippen molar-refractivity contribution in [1.82, 2.24) is 16.0 Å². The molecule has 0 spiro atoms. The lowest BCUT2D eigenvalue weighted by Crippen LogP contribution is -2.41. The molecule has 2 rings (SSSR count). The van der Waals surface area contributed by atoms with Crippen LogP contribution in [0.4, 0.5) is 0 Å². The number of thioether (sulfide) groups is 1. The molecular formula is C16H23N3O2S. The molecule has 5 nitrogen and oxygen atoms in total. The average molecular weight is 321 g/mol. The first-order chi connectivity index (χ1) is 10.7. The number of carbonyl (C=O) groups excluding carboxylic acids is 2. The van der Waals surface area contributed by atoms with E-state index < -0.39 is 0 Å². The number of rotatable bonds is 7. The number of hydrogen-bond acceptors (Lipinski definition) is 4. The van der Waals surface area contributed by atoms with Crippen LogP contribution in [0.5, 0.6) is 0 Å². The van der Waals surface area contributed by atoms with Gasteiger partial charge in [-0.05, 0) is 5.56 Å². The Morgan fingerprint density at radius 1 is 1.18 bits per heavy atom. The highest BCUT2D eigenvalue weighted by Crippen LogP contribution is 2.09. The van der Waals surface area contributed by atoms with Crippen LogP contribution in [0.25, 0.3) is 0 Å². The minimum Gasteiger partial charge on any atom is -0.356 e. The van der Waals surface area contributed by atoms with Crippen LogP contribution in [0.15, 0.2) is 30.3 Å². The summed E-state index contributed by atoms with van der Waals surface area (Å²) >= 11 is 1.87. The third kappa shape index (κ3) is 6.49. The van der Waals surface area contributed by atoms with Gasteiger partial charge in [0.25, 0.3) is 0 Å². The van der Waals surface area contributed by atoms with E-state index in [-0.39, 0.29) is 17.9 Å². The zero-order valence-corrected chi connectivity index (χ0v) is 13.5. The maximum atomic E-state index is 11.8. The average Bonchev–Trinajstić information content (AvgIpc) is 2.55. The van der Waals surface area contributed by atoms with Crippen molar-refractivity contribution in [3.8, 4) is 0 Å². The van der Waals surface area contributed by atoms with Gasteiger partial charge in [0.1, 0.15) is 0 Å². The number of amides is 2. The van der Waals surface area contributed by atoms with Crippen LogP contribution in [-0.4, -0.2) is 42.5 Å². The maximum Gasteiger partial charge on any atom is 0.222 e. The molecule has 0 aromatic heterocycles. The second-order valence-electron chi connectivity index (χ2n) is 5.29. The molecule has 3 N–H and O–H groups in total. The third-order valence-corrected chi connectivity index (χ3v) is 4.57. The molecule has 0 aliphatic carbocycles. The summed E-state index contributed by atoms with van der Waals surface area (Å²) in [5, 5.41) is 8.98. The van der Waals surface area contributed by atoms with E-state index in [0.717, 1.165) is 23.6 Å². The predicted molar refractivity (Wildman–Crippen MR) is 89.6 cm³/mol. The number of carbonyl (C=O) groups is 2. The summed E-state index contributed by atoms with van der Waals surface area (Å²) in [6.07, 6.45) is 0.796. The molecule has 1 aromatic rings. The maximum absolute atomic E-state index is 11.8. The molecule has 1 atom stereocenters. The second kappa shape index (κ2) is 9.48. The van der Waals surface area contributed by atoms with Gasteiger partial charge in [0.05, 0.1) is 0 Å². The fourth-order valence-electron chi connectivity index (χ4n) is 2.25. The highest BCUT2D eigenvalue weighted by atomic mass is 32.2. The molecule has 120 valence electrons. The number of nitrogens with one attached hydrogen (secondary N) is 3. The Kier molecular flexibility index (Phi) is 7.25. The summed E-state index contributed by atoms with van der Waals surface area (Å²) in [6.45, 7) is 1.88. The predicted octanol–water partition coefficient (Wildman–Crippen LogP) is 0.904. The van der Waals surface area contributed by atoms with Crippen LogP contribution in [0.1, 0.15) is 18.4 Å². The van der Waals surface area contributed by atoms with E-state index in [1.807, 2.05) is 42.1 Å². The summed E-state index contributed by atoms with van der Waals surface area (Å²) in [4.78, 5) is 23.5. The number of benzene rings is 1. The molecular weight excluding hydrogens is 298 g/mol. The molecule has 0 radical (unpaired) electrons. The van der Waals surface area contributed by atoms with Crippen molar-refractivity contribution in [2.45, 2.75) is 25.4 Å². The molecule has 22 heavy (non-hydrogen) atoms. The molecule has 0 bridgehead atoms. The molecule has 2 amide bonds. The SMILES string of the molecule is O=C(CCNC(=O)CC1CSCCN1)NCc1ccccc1. The molecule has 1 aromatic carbocycles. The molecule has 1 unspecified atom stereocenters. The largest absolute Gasteiger partial charge is 0.356 e. The van der Waals surface area contributed by atoms with Crippen LogP contribution in [0.2, 0.25) is 0 Å². The van der Waals surface area contributed by atoms with Crippen molar-refractivity contribution in [1.29, 1.82) is 0 Å². The van der Waals surface area contributed by atoms with Crippen LogP contribution in [-0.2, 0) is 16.1 Å². The van der Waals surface area contributed by atoms with Crippen LogP contribution >= 0.6 is 11.8 Å². The van der Waals surface area contributed by atoms with Gasteiger partial charge in [-0.25, -0.2) is 0 Å². The van der Waals surface area contributed by atoms with E-state index in [2.05, 4.69) is 16.0 Å². The standard InChI is InChI=1S/C16H23N3O2S/c20-15(19-11-13-4-2-1-3-5-13)6-7-18-16(21)10-14-12-22-9-8-17-14/h1-5,14,17H,6-12H2,(H,18,21)(H,19,20). The molecule has 1 saturated heterocycles. The van der Waals surface area contributed by atoms with Gasteiger partial charge < -0.3 is 16.0 Å². The lowest BCUT2D eigenvalue weighted by atomic mass is 10.2. The Balaban J connectivity index is 1.55. The van der Waals surface area contributed by atoms with Crippen LogP contribution in [0.3, 0.4) is 0 Å². The molecule has 1 aliphatic heterocycles.